The number of amides is 2. The van der Waals surface area contributed by atoms with Gasteiger partial charge in [0.25, 0.3) is 0 Å². The molecule has 2 rings (SSSR count). The fraction of sp³-hybridized carbons (Fsp3) is 0.391. The van der Waals surface area contributed by atoms with Crippen LogP contribution in [-0.4, -0.2) is 45.3 Å². The molecule has 0 saturated heterocycles. The fourth-order valence-electron chi connectivity index (χ4n) is 3.36. The van der Waals surface area contributed by atoms with Gasteiger partial charge in [-0.25, -0.2) is 8.42 Å². The number of alkyl halides is 3. The number of nitrogens with one attached hydrogen (secondary N) is 2. The number of sulfone groups is 1. The van der Waals surface area contributed by atoms with E-state index in [0.717, 1.165) is 6.26 Å². The standard InChI is InChI=1S/C23H28F3N3O4S/c1-14(2)12-19(22(31)28-13-20(27)30)29-21(23(24,25)26)17-6-4-15(5-7-17)16-8-10-18(11-9-16)34(3,32)33/h4-11,14,19,21,29H,12-13H2,1-3H3,(H2,27,30)(H,28,31)/t19-,21?/m0/s1. The van der Waals surface area contributed by atoms with Crippen LogP contribution in [0.5, 0.6) is 0 Å². The Labute approximate surface area is 196 Å². The normalized spacial score (nSPS) is 14.0. The molecular weight excluding hydrogens is 471 g/mol. The fourth-order valence-corrected chi connectivity index (χ4v) is 3.99. The van der Waals surface area contributed by atoms with Crippen molar-refractivity contribution in [1.82, 2.24) is 10.6 Å². The van der Waals surface area contributed by atoms with Crippen molar-refractivity contribution in [2.45, 2.75) is 43.4 Å². The Hall–Kier alpha value is -2.92. The van der Waals surface area contributed by atoms with Gasteiger partial charge < -0.3 is 11.1 Å². The average Bonchev–Trinajstić information content (AvgIpc) is 2.73. The lowest BCUT2D eigenvalue weighted by Gasteiger charge is -2.28. The van der Waals surface area contributed by atoms with Gasteiger partial charge in [-0.2, -0.15) is 13.2 Å². The first kappa shape index (κ1) is 27.3. The molecule has 0 fully saturated rings. The summed E-state index contributed by atoms with van der Waals surface area (Å²) in [6.07, 6.45) is -3.50. The Morgan fingerprint density at radius 1 is 0.971 bits per heavy atom. The lowest BCUT2D eigenvalue weighted by molar-refractivity contribution is -0.161. The number of hydrogen-bond acceptors (Lipinski definition) is 5. The summed E-state index contributed by atoms with van der Waals surface area (Å²) in [6, 6.07) is 8.29. The van der Waals surface area contributed by atoms with Crippen molar-refractivity contribution in [2.75, 3.05) is 12.8 Å². The van der Waals surface area contributed by atoms with Crippen LogP contribution in [0.2, 0.25) is 0 Å². The molecule has 11 heteroatoms. The molecule has 0 radical (unpaired) electrons. The number of nitrogens with two attached hydrogens (primary N) is 1. The molecule has 0 saturated carbocycles. The molecule has 0 aliphatic rings. The number of benzene rings is 2. The second kappa shape index (κ2) is 11.0. The molecule has 0 spiro atoms. The van der Waals surface area contributed by atoms with Crippen LogP contribution in [0.25, 0.3) is 11.1 Å². The second-order valence-corrected chi connectivity index (χ2v) is 10.4. The highest BCUT2D eigenvalue weighted by Gasteiger charge is 2.42. The monoisotopic (exact) mass is 499 g/mol. The zero-order valence-electron chi connectivity index (χ0n) is 19.0. The summed E-state index contributed by atoms with van der Waals surface area (Å²) in [5.41, 5.74) is 6.15. The lowest BCUT2D eigenvalue weighted by atomic mass is 9.97. The molecule has 2 aromatic carbocycles. The van der Waals surface area contributed by atoms with Crippen molar-refractivity contribution in [3.05, 3.63) is 54.1 Å². The minimum Gasteiger partial charge on any atom is -0.368 e. The van der Waals surface area contributed by atoms with Gasteiger partial charge in [-0.15, -0.1) is 0 Å². The van der Waals surface area contributed by atoms with E-state index in [4.69, 9.17) is 5.73 Å². The maximum absolute atomic E-state index is 13.9. The smallest absolute Gasteiger partial charge is 0.368 e. The largest absolute Gasteiger partial charge is 0.407 e. The molecule has 2 aromatic rings. The van der Waals surface area contributed by atoms with Crippen LogP contribution in [0.4, 0.5) is 13.2 Å². The van der Waals surface area contributed by atoms with Gasteiger partial charge in [0, 0.05) is 6.26 Å². The molecule has 0 aromatic heterocycles. The van der Waals surface area contributed by atoms with Crippen molar-refractivity contribution in [3.8, 4) is 11.1 Å². The molecule has 34 heavy (non-hydrogen) atoms. The third-order valence-corrected chi connectivity index (χ3v) is 6.14. The number of halogens is 3. The van der Waals surface area contributed by atoms with Gasteiger partial charge in [0.2, 0.25) is 11.8 Å². The zero-order chi connectivity index (χ0) is 25.7. The van der Waals surface area contributed by atoms with Crippen LogP contribution in [0.1, 0.15) is 31.9 Å². The van der Waals surface area contributed by atoms with Crippen molar-refractivity contribution < 1.29 is 31.2 Å². The van der Waals surface area contributed by atoms with Gasteiger partial charge in [-0.1, -0.05) is 50.2 Å². The third-order valence-electron chi connectivity index (χ3n) is 5.02. The minimum atomic E-state index is -4.70. The molecule has 0 aliphatic carbocycles. The Bertz CT molecular complexity index is 1100. The molecule has 0 bridgehead atoms. The lowest BCUT2D eigenvalue weighted by Crippen LogP contribution is -2.50. The number of carbonyl (C=O) groups is 2. The first-order chi connectivity index (χ1) is 15.7. The van der Waals surface area contributed by atoms with E-state index in [1.165, 1.54) is 36.4 Å². The topological polar surface area (TPSA) is 118 Å². The Kier molecular flexibility index (Phi) is 8.84. The number of primary amides is 1. The van der Waals surface area contributed by atoms with Crippen LogP contribution >= 0.6 is 0 Å². The quantitative estimate of drug-likeness (QED) is 0.465. The van der Waals surface area contributed by atoms with Crippen molar-refractivity contribution >= 4 is 21.7 Å². The highest BCUT2D eigenvalue weighted by Crippen LogP contribution is 2.34. The average molecular weight is 500 g/mol. The van der Waals surface area contributed by atoms with Crippen molar-refractivity contribution in [3.63, 3.8) is 0 Å². The summed E-state index contributed by atoms with van der Waals surface area (Å²) in [6.45, 7) is 3.06. The zero-order valence-corrected chi connectivity index (χ0v) is 19.8. The van der Waals surface area contributed by atoms with E-state index in [2.05, 4.69) is 10.6 Å². The molecule has 2 amide bonds. The SMILES string of the molecule is CC(C)C[C@H](NC(c1ccc(-c2ccc(S(C)(=O)=O)cc2)cc1)C(F)(F)F)C(=O)NCC(N)=O. The van der Waals surface area contributed by atoms with E-state index < -0.39 is 46.5 Å². The highest BCUT2D eigenvalue weighted by molar-refractivity contribution is 7.90. The number of rotatable bonds is 10. The molecule has 7 nitrogen and oxygen atoms in total. The first-order valence-corrected chi connectivity index (χ1v) is 12.4. The molecule has 0 heterocycles. The molecule has 1 unspecified atom stereocenters. The minimum absolute atomic E-state index is 0.0944. The van der Waals surface area contributed by atoms with Crippen LogP contribution in [0.15, 0.2) is 53.4 Å². The van der Waals surface area contributed by atoms with Crippen LogP contribution in [-0.2, 0) is 19.4 Å². The van der Waals surface area contributed by atoms with Gasteiger partial charge in [0.1, 0.15) is 6.04 Å². The van der Waals surface area contributed by atoms with E-state index in [0.29, 0.717) is 11.1 Å². The maximum atomic E-state index is 13.9. The summed E-state index contributed by atoms with van der Waals surface area (Å²) < 4.78 is 65.0. The predicted molar refractivity (Wildman–Crippen MR) is 122 cm³/mol. The van der Waals surface area contributed by atoms with E-state index in [1.807, 2.05) is 0 Å². The summed E-state index contributed by atoms with van der Waals surface area (Å²) in [7, 11) is -3.36. The van der Waals surface area contributed by atoms with Crippen molar-refractivity contribution in [1.29, 1.82) is 0 Å². The summed E-state index contributed by atoms with van der Waals surface area (Å²) in [4.78, 5) is 23.5. The molecular formula is C23H28F3N3O4S. The van der Waals surface area contributed by atoms with Gasteiger partial charge in [-0.3, -0.25) is 14.9 Å². The van der Waals surface area contributed by atoms with Crippen LogP contribution < -0.4 is 16.4 Å². The van der Waals surface area contributed by atoms with Crippen molar-refractivity contribution in [2.24, 2.45) is 11.7 Å². The molecule has 2 atom stereocenters. The van der Waals surface area contributed by atoms with E-state index >= 15 is 0 Å². The maximum Gasteiger partial charge on any atom is 0.407 e. The third kappa shape index (κ3) is 7.84. The Morgan fingerprint density at radius 2 is 1.47 bits per heavy atom. The molecule has 186 valence electrons. The van der Waals surface area contributed by atoms with Gasteiger partial charge in [0.05, 0.1) is 17.5 Å². The summed E-state index contributed by atoms with van der Waals surface area (Å²) in [5.74, 6) is -1.64. The predicted octanol–water partition coefficient (Wildman–Crippen LogP) is 2.97. The Balaban J connectivity index is 2.30. The van der Waals surface area contributed by atoms with Gasteiger partial charge >= 0.3 is 6.18 Å². The van der Waals surface area contributed by atoms with E-state index in [-0.39, 0.29) is 22.8 Å². The van der Waals surface area contributed by atoms with Crippen LogP contribution in [0.3, 0.4) is 0 Å². The van der Waals surface area contributed by atoms with Gasteiger partial charge in [-0.05, 0) is 41.2 Å². The molecule has 0 aliphatic heterocycles. The van der Waals surface area contributed by atoms with Gasteiger partial charge in [0.15, 0.2) is 9.84 Å². The number of hydrogen-bond donors (Lipinski definition) is 3. The summed E-state index contributed by atoms with van der Waals surface area (Å²) in [5, 5.41) is 4.65. The van der Waals surface area contributed by atoms with E-state index in [9.17, 15) is 31.2 Å². The molecule has 4 N–H and O–H groups in total. The Morgan fingerprint density at radius 3 is 1.88 bits per heavy atom. The first-order valence-electron chi connectivity index (χ1n) is 10.5. The summed E-state index contributed by atoms with van der Waals surface area (Å²) >= 11 is 0. The van der Waals surface area contributed by atoms with Crippen LogP contribution in [0, 0.1) is 5.92 Å². The number of carbonyl (C=O) groups excluding carboxylic acids is 2. The highest BCUT2D eigenvalue weighted by atomic mass is 32.2. The second-order valence-electron chi connectivity index (χ2n) is 8.43. The van der Waals surface area contributed by atoms with E-state index in [1.54, 1.807) is 26.0 Å².